The number of anilines is 1. The van der Waals surface area contributed by atoms with Crippen LogP contribution in [0.5, 0.6) is 5.75 Å². The van der Waals surface area contributed by atoms with Gasteiger partial charge in [0, 0.05) is 64.1 Å². The normalized spacial score (nSPS) is 17.6. The summed E-state index contributed by atoms with van der Waals surface area (Å²) in [5.74, 6) is 1.04. The van der Waals surface area contributed by atoms with E-state index in [0.29, 0.717) is 49.2 Å². The number of ether oxygens (including phenoxy) is 2. The molecule has 1 aliphatic heterocycles. The van der Waals surface area contributed by atoms with Gasteiger partial charge in [-0.2, -0.15) is 12.7 Å². The summed E-state index contributed by atoms with van der Waals surface area (Å²) in [6, 6.07) is 3.93. The number of amides is 1. The maximum atomic E-state index is 13.7. The number of hydrogen-bond donors (Lipinski definition) is 2. The van der Waals surface area contributed by atoms with Crippen LogP contribution in [0.15, 0.2) is 24.4 Å². The first-order chi connectivity index (χ1) is 22.3. The van der Waals surface area contributed by atoms with E-state index in [9.17, 15) is 17.6 Å². The molecule has 3 N–H and O–H groups in total. The summed E-state index contributed by atoms with van der Waals surface area (Å²) in [5.41, 5.74) is 7.37. The Balaban J connectivity index is 1.33. The highest BCUT2D eigenvalue weighted by molar-refractivity contribution is 7.87. The van der Waals surface area contributed by atoms with Gasteiger partial charge in [0.25, 0.3) is 0 Å². The number of halogens is 1. The maximum Gasteiger partial charge on any atom is 0.407 e. The molecule has 2 aliphatic rings. The molecule has 47 heavy (non-hydrogen) atoms. The van der Waals surface area contributed by atoms with Gasteiger partial charge in [0.15, 0.2) is 0 Å². The highest BCUT2D eigenvalue weighted by Gasteiger charge is 2.31. The molecule has 1 aliphatic carbocycles. The van der Waals surface area contributed by atoms with Crippen molar-refractivity contribution >= 4 is 22.0 Å². The highest BCUT2D eigenvalue weighted by atomic mass is 32.2. The van der Waals surface area contributed by atoms with E-state index in [-0.39, 0.29) is 18.9 Å². The fourth-order valence-electron chi connectivity index (χ4n) is 6.39. The highest BCUT2D eigenvalue weighted by Crippen LogP contribution is 2.30. The topological polar surface area (TPSA) is 135 Å². The molecule has 1 saturated carbocycles. The van der Waals surface area contributed by atoms with Crippen LogP contribution >= 0.6 is 0 Å². The third-order valence-electron chi connectivity index (χ3n) is 8.85. The van der Waals surface area contributed by atoms with Crippen molar-refractivity contribution in [1.82, 2.24) is 23.5 Å². The number of imidazole rings is 1. The lowest BCUT2D eigenvalue weighted by Gasteiger charge is -2.36. The second-order valence-corrected chi connectivity index (χ2v) is 15.5. The van der Waals surface area contributed by atoms with Crippen LogP contribution in [0.25, 0.3) is 0 Å². The molecule has 2 heterocycles. The zero-order valence-electron chi connectivity index (χ0n) is 28.7. The quantitative estimate of drug-likeness (QED) is 0.278. The number of carbonyl (C=O) groups is 1. The van der Waals surface area contributed by atoms with E-state index >= 15 is 0 Å². The van der Waals surface area contributed by atoms with Crippen molar-refractivity contribution in [2.75, 3.05) is 64.4 Å². The standard InChI is InChI=1S/C33H54FN7O5S/c1-25-37-29(24-41(25)47(43,44)40-20-18-39(19-21-40)30-13-12-27(34)22-31(30)45-5)28(35)14-17-38(23-26-10-7-6-8-11-26)16-9-15-36-32(42)46-33(2,3)4/h12-13,22,24,26,28H,6-11,14-21,23,35H2,1-5H3,(H,36,42). The third-order valence-corrected chi connectivity index (χ3v) is 10.7. The van der Waals surface area contributed by atoms with Crippen LogP contribution in [0.4, 0.5) is 14.9 Å². The van der Waals surface area contributed by atoms with Gasteiger partial charge in [-0.25, -0.2) is 18.1 Å². The summed E-state index contributed by atoms with van der Waals surface area (Å²) < 4.78 is 54.4. The van der Waals surface area contributed by atoms with Gasteiger partial charge in [0.1, 0.15) is 23.0 Å². The fourth-order valence-corrected chi connectivity index (χ4v) is 7.88. The number of alkyl carbamates (subject to hydrolysis) is 1. The van der Waals surface area contributed by atoms with Crippen LogP contribution in [-0.4, -0.2) is 97.7 Å². The average molecular weight is 680 g/mol. The largest absolute Gasteiger partial charge is 0.494 e. The Morgan fingerprint density at radius 3 is 2.51 bits per heavy atom. The first-order valence-corrected chi connectivity index (χ1v) is 18.3. The number of nitrogens with one attached hydrogen (secondary N) is 1. The average Bonchev–Trinajstić information content (AvgIpc) is 3.43. The van der Waals surface area contributed by atoms with E-state index in [1.807, 2.05) is 25.7 Å². The SMILES string of the molecule is COc1cc(F)ccc1N1CCN(S(=O)(=O)n2cc(C(N)CCN(CCCNC(=O)OC(C)(C)C)CC3CCCCC3)nc2C)CC1. The molecule has 1 amide bonds. The van der Waals surface area contributed by atoms with Crippen LogP contribution < -0.4 is 20.7 Å². The lowest BCUT2D eigenvalue weighted by atomic mass is 9.89. The number of piperazine rings is 1. The number of nitrogens with zero attached hydrogens (tertiary/aromatic N) is 5. The lowest BCUT2D eigenvalue weighted by molar-refractivity contribution is 0.0525. The van der Waals surface area contributed by atoms with Gasteiger partial charge in [-0.1, -0.05) is 19.3 Å². The van der Waals surface area contributed by atoms with Crippen molar-refractivity contribution in [3.63, 3.8) is 0 Å². The molecular formula is C33H54FN7O5S. The van der Waals surface area contributed by atoms with Gasteiger partial charge < -0.3 is 30.3 Å². The molecule has 4 rings (SSSR count). The summed E-state index contributed by atoms with van der Waals surface area (Å²) in [4.78, 5) is 21.1. The van der Waals surface area contributed by atoms with Crippen molar-refractivity contribution < 1.29 is 27.1 Å². The van der Waals surface area contributed by atoms with Crippen LogP contribution in [0.3, 0.4) is 0 Å². The smallest absolute Gasteiger partial charge is 0.407 e. The summed E-state index contributed by atoms with van der Waals surface area (Å²) in [6.07, 6.45) is 8.84. The number of methoxy groups -OCH3 is 1. The molecule has 0 spiro atoms. The first-order valence-electron chi connectivity index (χ1n) is 16.9. The molecule has 12 nitrogen and oxygen atoms in total. The number of aryl methyl sites for hydroxylation is 1. The molecule has 0 bridgehead atoms. The monoisotopic (exact) mass is 679 g/mol. The third kappa shape index (κ3) is 10.5. The minimum atomic E-state index is -3.86. The molecule has 1 atom stereocenters. The summed E-state index contributed by atoms with van der Waals surface area (Å²) in [5, 5.41) is 2.85. The van der Waals surface area contributed by atoms with E-state index < -0.39 is 27.9 Å². The molecule has 14 heteroatoms. The Labute approximate surface area is 279 Å². The molecular weight excluding hydrogens is 625 g/mol. The molecule has 264 valence electrons. The van der Waals surface area contributed by atoms with Gasteiger partial charge in [-0.3, -0.25) is 0 Å². The Bertz CT molecular complexity index is 1420. The van der Waals surface area contributed by atoms with Crippen molar-refractivity contribution in [2.45, 2.75) is 84.3 Å². The molecule has 1 saturated heterocycles. The van der Waals surface area contributed by atoms with E-state index in [4.69, 9.17) is 15.2 Å². The predicted molar refractivity (Wildman–Crippen MR) is 181 cm³/mol. The second-order valence-electron chi connectivity index (χ2n) is 13.7. The van der Waals surface area contributed by atoms with Gasteiger partial charge >= 0.3 is 16.3 Å². The van der Waals surface area contributed by atoms with Gasteiger partial charge in [0.2, 0.25) is 0 Å². The van der Waals surface area contributed by atoms with Crippen LogP contribution in [0.2, 0.25) is 0 Å². The van der Waals surface area contributed by atoms with Gasteiger partial charge in [-0.05, 0) is 78.0 Å². The zero-order valence-corrected chi connectivity index (χ0v) is 29.5. The number of hydrogen-bond acceptors (Lipinski definition) is 9. The van der Waals surface area contributed by atoms with Crippen molar-refractivity contribution in [1.29, 1.82) is 0 Å². The molecule has 2 aromatic rings. The summed E-state index contributed by atoms with van der Waals surface area (Å²) >= 11 is 0. The predicted octanol–water partition coefficient (Wildman–Crippen LogP) is 4.44. The first kappa shape index (κ1) is 36.9. The Hall–Kier alpha value is -2.94. The van der Waals surface area contributed by atoms with E-state index in [1.54, 1.807) is 19.2 Å². The lowest BCUT2D eigenvalue weighted by Crippen LogP contribution is -2.50. The van der Waals surface area contributed by atoms with Crippen LogP contribution in [0, 0.1) is 18.7 Å². The van der Waals surface area contributed by atoms with Crippen molar-refractivity contribution in [3.8, 4) is 5.75 Å². The molecule has 1 aromatic heterocycles. The Morgan fingerprint density at radius 1 is 1.15 bits per heavy atom. The van der Waals surface area contributed by atoms with Crippen LogP contribution in [-0.2, 0) is 14.9 Å². The zero-order chi connectivity index (χ0) is 34.2. The summed E-state index contributed by atoms with van der Waals surface area (Å²) in [7, 11) is -2.37. The Morgan fingerprint density at radius 2 is 1.85 bits per heavy atom. The van der Waals surface area contributed by atoms with Gasteiger partial charge in [0.05, 0.1) is 18.5 Å². The molecule has 0 radical (unpaired) electrons. The van der Waals surface area contributed by atoms with Crippen molar-refractivity contribution in [2.24, 2.45) is 11.7 Å². The van der Waals surface area contributed by atoms with Crippen molar-refractivity contribution in [3.05, 3.63) is 41.7 Å². The molecule has 1 unspecified atom stereocenters. The number of rotatable bonds is 14. The molecule has 2 fully saturated rings. The number of carbonyl (C=O) groups excluding carboxylic acids is 1. The summed E-state index contributed by atoms with van der Waals surface area (Å²) in [6.45, 7) is 11.7. The van der Waals surface area contributed by atoms with E-state index in [2.05, 4.69) is 15.2 Å². The molecule has 1 aromatic carbocycles. The number of aromatic nitrogens is 2. The van der Waals surface area contributed by atoms with Gasteiger partial charge in [-0.15, -0.1) is 0 Å². The second kappa shape index (κ2) is 16.4. The Kier molecular flexibility index (Phi) is 12.9. The maximum absolute atomic E-state index is 13.7. The number of nitrogens with two attached hydrogens (primary N) is 1. The minimum Gasteiger partial charge on any atom is -0.494 e. The van der Waals surface area contributed by atoms with Crippen LogP contribution in [0.1, 0.15) is 83.3 Å². The van der Waals surface area contributed by atoms with E-state index in [1.165, 1.54) is 59.6 Å². The fraction of sp³-hybridized carbons (Fsp3) is 0.697. The van der Waals surface area contributed by atoms with E-state index in [0.717, 1.165) is 31.7 Å². The number of benzene rings is 1. The minimum absolute atomic E-state index is 0.265.